The number of carbonyl (C=O) groups excluding carboxylic acids is 1. The molecule has 0 saturated carbocycles. The van der Waals surface area contributed by atoms with Gasteiger partial charge in [-0.25, -0.2) is 13.2 Å². The molecule has 0 fully saturated rings. The van der Waals surface area contributed by atoms with E-state index in [2.05, 4.69) is 5.32 Å². The molecule has 1 aliphatic heterocycles. The van der Waals surface area contributed by atoms with E-state index in [9.17, 15) is 18.3 Å². The molecule has 0 aliphatic carbocycles. The van der Waals surface area contributed by atoms with Gasteiger partial charge in [-0.05, 0) is 68.7 Å². The number of fused-ring (bicyclic) bond motifs is 1. The molecule has 0 spiro atoms. The monoisotopic (exact) mass is 438 g/mol. The number of alkyl carbamates (subject to hydrolysis) is 1. The van der Waals surface area contributed by atoms with E-state index < -0.39 is 28.1 Å². The maximum Gasteiger partial charge on any atom is 0.408 e. The smallest absolute Gasteiger partial charge is 0.408 e. The molecule has 1 heterocycles. The quantitative estimate of drug-likeness (QED) is 0.720. The maximum atomic E-state index is 12.4. The van der Waals surface area contributed by atoms with Gasteiger partial charge in [0.15, 0.2) is 9.84 Å². The van der Waals surface area contributed by atoms with Gasteiger partial charge in [-0.2, -0.15) is 0 Å². The predicted molar refractivity (Wildman–Crippen MR) is 118 cm³/mol. The summed E-state index contributed by atoms with van der Waals surface area (Å²) in [5.74, 6) is 0.171. The van der Waals surface area contributed by atoms with Crippen molar-refractivity contribution >= 4 is 27.3 Å². The molecule has 0 bridgehead atoms. The number of aliphatic hydroxyl groups excluding tert-OH is 1. The van der Waals surface area contributed by atoms with Crippen molar-refractivity contribution in [1.82, 2.24) is 5.32 Å². The number of carbonyl (C=O) groups is 1. The first-order valence-corrected chi connectivity index (χ1v) is 12.2. The van der Waals surface area contributed by atoms with Crippen molar-refractivity contribution < 1.29 is 23.1 Å². The van der Waals surface area contributed by atoms with Gasteiger partial charge in [0.2, 0.25) is 0 Å². The maximum absolute atomic E-state index is 12.4. The molecule has 1 aliphatic rings. The van der Waals surface area contributed by atoms with Crippen LogP contribution < -0.4 is 5.32 Å². The van der Waals surface area contributed by atoms with Gasteiger partial charge in [0.1, 0.15) is 5.60 Å². The summed E-state index contributed by atoms with van der Waals surface area (Å²) in [6, 6.07) is 2.97. The van der Waals surface area contributed by atoms with Crippen molar-refractivity contribution in [2.45, 2.75) is 83.4 Å². The van der Waals surface area contributed by atoms with Crippen molar-refractivity contribution in [3.05, 3.63) is 23.3 Å². The Morgan fingerprint density at radius 1 is 1.33 bits per heavy atom. The predicted octanol–water partition coefficient (Wildman–Crippen LogP) is 4.10. The fourth-order valence-corrected chi connectivity index (χ4v) is 4.55. The van der Waals surface area contributed by atoms with Crippen molar-refractivity contribution in [3.8, 4) is 0 Å². The molecule has 0 radical (unpaired) electrons. The molecule has 2 rings (SSSR count). The highest BCUT2D eigenvalue weighted by molar-refractivity contribution is 7.90. The van der Waals surface area contributed by atoms with Crippen LogP contribution in [0.1, 0.15) is 71.4 Å². The van der Waals surface area contributed by atoms with E-state index in [0.29, 0.717) is 17.7 Å². The van der Waals surface area contributed by atoms with Crippen LogP contribution in [-0.2, 0) is 21.2 Å². The lowest BCUT2D eigenvalue weighted by atomic mass is 9.91. The van der Waals surface area contributed by atoms with Gasteiger partial charge >= 0.3 is 6.09 Å². The summed E-state index contributed by atoms with van der Waals surface area (Å²) in [6.45, 7) is 11.1. The van der Waals surface area contributed by atoms with Gasteiger partial charge in [0.05, 0.1) is 23.2 Å². The molecular formula is C22H34N2O5S. The average molecular weight is 439 g/mol. The number of amides is 1. The Morgan fingerprint density at radius 3 is 2.47 bits per heavy atom. The number of rotatable bonds is 5. The SMILES string of the molecule is CC1CCC(C(NC(=O)OC(C)(C)C)C(C)C)=Nc2cc(CO)c(S(C)(=O)=O)cc21. The molecule has 1 aromatic rings. The summed E-state index contributed by atoms with van der Waals surface area (Å²) in [7, 11) is -3.47. The van der Waals surface area contributed by atoms with Gasteiger partial charge in [-0.1, -0.05) is 20.8 Å². The number of nitrogens with zero attached hydrogens (tertiary/aromatic N) is 1. The van der Waals surface area contributed by atoms with Gasteiger partial charge in [0.25, 0.3) is 0 Å². The van der Waals surface area contributed by atoms with Crippen LogP contribution >= 0.6 is 0 Å². The second-order valence-corrected chi connectivity index (χ2v) is 11.3. The van der Waals surface area contributed by atoms with E-state index >= 15 is 0 Å². The highest BCUT2D eigenvalue weighted by Crippen LogP contribution is 2.37. The third-order valence-corrected chi connectivity index (χ3v) is 6.28. The first-order chi connectivity index (χ1) is 13.7. The number of ether oxygens (including phenoxy) is 1. The Hall–Kier alpha value is -1.93. The number of sulfone groups is 1. The minimum absolute atomic E-state index is 0.0840. The largest absolute Gasteiger partial charge is 0.444 e. The summed E-state index contributed by atoms with van der Waals surface area (Å²) in [4.78, 5) is 17.4. The Kier molecular flexibility index (Phi) is 7.35. The minimum atomic E-state index is -3.47. The molecule has 168 valence electrons. The number of nitrogens with one attached hydrogen (secondary N) is 1. The molecule has 8 heteroatoms. The second kappa shape index (κ2) is 9.06. The third kappa shape index (κ3) is 6.04. The Bertz CT molecular complexity index is 930. The lowest BCUT2D eigenvalue weighted by Gasteiger charge is -2.27. The van der Waals surface area contributed by atoms with E-state index in [4.69, 9.17) is 9.73 Å². The second-order valence-electron chi connectivity index (χ2n) is 9.36. The zero-order valence-electron chi connectivity index (χ0n) is 18.9. The molecule has 30 heavy (non-hydrogen) atoms. The van der Waals surface area contributed by atoms with Gasteiger partial charge in [-0.15, -0.1) is 0 Å². The number of aliphatic hydroxyl groups is 1. The molecule has 0 aromatic heterocycles. The third-order valence-electron chi connectivity index (χ3n) is 5.11. The standard InChI is InChI=1S/C22H34N2O5S/c1-13(2)20(24-21(26)29-22(4,5)6)17-9-8-14(3)16-11-19(30(7,27)28)15(12-25)10-18(16)23-17/h10-11,13-14,20,25H,8-9,12H2,1-7H3,(H,24,26). The van der Waals surface area contributed by atoms with Crippen LogP contribution in [-0.4, -0.2) is 43.2 Å². The van der Waals surface area contributed by atoms with Gasteiger partial charge in [-0.3, -0.25) is 4.99 Å². The van der Waals surface area contributed by atoms with Gasteiger partial charge < -0.3 is 15.2 Å². The normalized spacial score (nSPS) is 18.3. The fraction of sp³-hybridized carbons (Fsp3) is 0.636. The number of hydrogen-bond donors (Lipinski definition) is 2. The van der Waals surface area contributed by atoms with E-state index in [1.807, 2.05) is 41.5 Å². The first kappa shape index (κ1) is 24.3. The van der Waals surface area contributed by atoms with Crippen molar-refractivity contribution in [3.63, 3.8) is 0 Å². The molecule has 1 amide bonds. The van der Waals surface area contributed by atoms with Crippen LogP contribution in [0, 0.1) is 5.92 Å². The molecule has 0 saturated heterocycles. The van der Waals surface area contributed by atoms with Crippen molar-refractivity contribution in [1.29, 1.82) is 0 Å². The van der Waals surface area contributed by atoms with Crippen LogP contribution in [0.2, 0.25) is 0 Å². The highest BCUT2D eigenvalue weighted by Gasteiger charge is 2.29. The lowest BCUT2D eigenvalue weighted by molar-refractivity contribution is 0.0508. The molecule has 1 aromatic carbocycles. The summed E-state index contributed by atoms with van der Waals surface area (Å²) in [5.41, 5.74) is 2.02. The molecule has 2 N–H and O–H groups in total. The van der Waals surface area contributed by atoms with Crippen molar-refractivity contribution in [2.75, 3.05) is 6.26 Å². The molecule has 2 unspecified atom stereocenters. The minimum Gasteiger partial charge on any atom is -0.444 e. The first-order valence-electron chi connectivity index (χ1n) is 10.3. The zero-order chi connectivity index (χ0) is 22.9. The van der Waals surface area contributed by atoms with E-state index in [1.165, 1.54) is 0 Å². The van der Waals surface area contributed by atoms with Crippen LogP contribution in [0.15, 0.2) is 22.0 Å². The average Bonchev–Trinajstić information content (AvgIpc) is 2.75. The summed E-state index contributed by atoms with van der Waals surface area (Å²) in [6.07, 6.45) is 2.08. The Balaban J connectivity index is 2.50. The van der Waals surface area contributed by atoms with E-state index in [0.717, 1.165) is 24.0 Å². The van der Waals surface area contributed by atoms with Crippen LogP contribution in [0.4, 0.5) is 10.5 Å². The van der Waals surface area contributed by atoms with E-state index in [1.54, 1.807) is 12.1 Å². The number of hydrogen-bond acceptors (Lipinski definition) is 6. The van der Waals surface area contributed by atoms with Gasteiger partial charge in [0, 0.05) is 12.0 Å². The molecule has 2 atom stereocenters. The van der Waals surface area contributed by atoms with Crippen LogP contribution in [0.5, 0.6) is 0 Å². The van der Waals surface area contributed by atoms with Crippen molar-refractivity contribution in [2.24, 2.45) is 10.9 Å². The lowest BCUT2D eigenvalue weighted by Crippen LogP contribution is -2.46. The highest BCUT2D eigenvalue weighted by atomic mass is 32.2. The Morgan fingerprint density at radius 2 is 1.97 bits per heavy atom. The molecule has 7 nitrogen and oxygen atoms in total. The van der Waals surface area contributed by atoms with Crippen LogP contribution in [0.3, 0.4) is 0 Å². The Labute approximate surface area is 179 Å². The summed E-state index contributed by atoms with van der Waals surface area (Å²) >= 11 is 0. The zero-order valence-corrected chi connectivity index (χ0v) is 19.8. The number of benzene rings is 1. The fourth-order valence-electron chi connectivity index (χ4n) is 3.61. The topological polar surface area (TPSA) is 105 Å². The number of aliphatic imine (C=N–C) groups is 1. The van der Waals surface area contributed by atoms with Crippen LogP contribution in [0.25, 0.3) is 0 Å². The van der Waals surface area contributed by atoms with E-state index in [-0.39, 0.29) is 22.8 Å². The summed E-state index contributed by atoms with van der Waals surface area (Å²) in [5, 5.41) is 12.7. The summed E-state index contributed by atoms with van der Waals surface area (Å²) < 4.78 is 29.8. The molecular weight excluding hydrogens is 404 g/mol.